The van der Waals surface area contributed by atoms with E-state index in [1.807, 2.05) is 0 Å². The first-order valence-corrected chi connectivity index (χ1v) is 4.19. The van der Waals surface area contributed by atoms with Gasteiger partial charge in [-0.25, -0.2) is 0 Å². The van der Waals surface area contributed by atoms with Crippen molar-refractivity contribution in [2.24, 2.45) is 5.73 Å². The number of nitrogens with two attached hydrogens (primary N) is 1. The molecule has 0 aromatic rings. The van der Waals surface area contributed by atoms with Gasteiger partial charge in [-0.2, -0.15) is 0 Å². The van der Waals surface area contributed by atoms with E-state index in [2.05, 4.69) is 0 Å². The minimum absolute atomic E-state index is 0. The highest BCUT2D eigenvalue weighted by atomic mass is 35.5. The van der Waals surface area contributed by atoms with Gasteiger partial charge < -0.3 is 10.5 Å². The van der Waals surface area contributed by atoms with Crippen LogP contribution in [0.15, 0.2) is 0 Å². The van der Waals surface area contributed by atoms with E-state index in [-0.39, 0.29) is 24.4 Å². The van der Waals surface area contributed by atoms with Crippen LogP contribution in [0.1, 0.15) is 32.1 Å². The molecule has 1 atom stereocenters. The smallest absolute Gasteiger partial charge is 0.217 e. The predicted octanol–water partition coefficient (Wildman–Crippen LogP) is 1.24. The molecule has 1 heterocycles. The molecule has 12 heavy (non-hydrogen) atoms. The molecule has 1 aliphatic rings. The molecule has 1 amide bonds. The van der Waals surface area contributed by atoms with Gasteiger partial charge in [-0.3, -0.25) is 4.79 Å². The third kappa shape index (κ3) is 4.57. The van der Waals surface area contributed by atoms with Crippen molar-refractivity contribution in [3.8, 4) is 0 Å². The summed E-state index contributed by atoms with van der Waals surface area (Å²) in [7, 11) is 0. The van der Waals surface area contributed by atoms with Crippen LogP contribution in [0.25, 0.3) is 0 Å². The summed E-state index contributed by atoms with van der Waals surface area (Å²) in [6.07, 6.45) is 5.03. The highest BCUT2D eigenvalue weighted by Crippen LogP contribution is 2.16. The molecule has 1 unspecified atom stereocenters. The molecule has 1 fully saturated rings. The van der Waals surface area contributed by atoms with Gasteiger partial charge in [0.1, 0.15) is 0 Å². The van der Waals surface area contributed by atoms with Crippen LogP contribution in [-0.4, -0.2) is 18.6 Å². The molecular weight excluding hydrogens is 178 g/mol. The van der Waals surface area contributed by atoms with Crippen LogP contribution in [0.3, 0.4) is 0 Å². The molecule has 2 N–H and O–H groups in total. The maximum Gasteiger partial charge on any atom is 0.217 e. The second-order valence-electron chi connectivity index (χ2n) is 2.99. The van der Waals surface area contributed by atoms with Crippen molar-refractivity contribution < 1.29 is 9.53 Å². The van der Waals surface area contributed by atoms with E-state index in [0.29, 0.717) is 6.42 Å². The topological polar surface area (TPSA) is 52.3 Å². The summed E-state index contributed by atoms with van der Waals surface area (Å²) in [5, 5.41) is 0. The number of carbonyl (C=O) groups excluding carboxylic acids is 1. The van der Waals surface area contributed by atoms with Gasteiger partial charge in [0.25, 0.3) is 0 Å². The van der Waals surface area contributed by atoms with E-state index in [0.717, 1.165) is 25.9 Å². The molecule has 1 aliphatic heterocycles. The molecule has 0 radical (unpaired) electrons. The largest absolute Gasteiger partial charge is 0.378 e. The van der Waals surface area contributed by atoms with Crippen LogP contribution in [0.5, 0.6) is 0 Å². The number of rotatable bonds is 3. The molecule has 0 aromatic carbocycles. The number of carbonyl (C=O) groups is 1. The quantitative estimate of drug-likeness (QED) is 0.734. The van der Waals surface area contributed by atoms with E-state index < -0.39 is 0 Å². The van der Waals surface area contributed by atoms with Crippen LogP contribution >= 0.6 is 12.4 Å². The summed E-state index contributed by atoms with van der Waals surface area (Å²) >= 11 is 0. The second-order valence-corrected chi connectivity index (χ2v) is 2.99. The number of amides is 1. The average Bonchev–Trinajstić information content (AvgIpc) is 2.03. The fourth-order valence-electron chi connectivity index (χ4n) is 1.34. The zero-order valence-electron chi connectivity index (χ0n) is 7.12. The molecule has 3 nitrogen and oxygen atoms in total. The molecule has 0 spiro atoms. The zero-order valence-corrected chi connectivity index (χ0v) is 7.94. The number of ether oxygens (including phenoxy) is 1. The SMILES string of the molecule is Cl.NC(=O)CCC1CCCCO1. The summed E-state index contributed by atoms with van der Waals surface area (Å²) < 4.78 is 5.42. The van der Waals surface area contributed by atoms with Crippen LogP contribution in [-0.2, 0) is 9.53 Å². The van der Waals surface area contributed by atoms with Crippen molar-refractivity contribution >= 4 is 18.3 Å². The molecule has 0 saturated carbocycles. The summed E-state index contributed by atoms with van der Waals surface area (Å²) in [4.78, 5) is 10.4. The number of hydrogen-bond donors (Lipinski definition) is 1. The molecular formula is C8H16ClNO2. The molecule has 1 rings (SSSR count). The van der Waals surface area contributed by atoms with Crippen LogP contribution in [0.2, 0.25) is 0 Å². The highest BCUT2D eigenvalue weighted by molar-refractivity contribution is 5.85. The first-order chi connectivity index (χ1) is 5.29. The van der Waals surface area contributed by atoms with Gasteiger partial charge in [-0.15, -0.1) is 12.4 Å². The first-order valence-electron chi connectivity index (χ1n) is 4.19. The fraction of sp³-hybridized carbons (Fsp3) is 0.875. The fourth-order valence-corrected chi connectivity index (χ4v) is 1.34. The van der Waals surface area contributed by atoms with Crippen molar-refractivity contribution in [2.45, 2.75) is 38.2 Å². The van der Waals surface area contributed by atoms with Gasteiger partial charge in [-0.05, 0) is 25.7 Å². The van der Waals surface area contributed by atoms with E-state index >= 15 is 0 Å². The van der Waals surface area contributed by atoms with Gasteiger partial charge in [-0.1, -0.05) is 0 Å². The summed E-state index contributed by atoms with van der Waals surface area (Å²) in [5.41, 5.74) is 5.02. The number of halogens is 1. The van der Waals surface area contributed by atoms with Gasteiger partial charge in [0, 0.05) is 13.0 Å². The number of hydrogen-bond acceptors (Lipinski definition) is 2. The monoisotopic (exact) mass is 193 g/mol. The Hall–Kier alpha value is -0.280. The maximum atomic E-state index is 10.4. The third-order valence-corrected chi connectivity index (χ3v) is 1.99. The molecule has 1 saturated heterocycles. The van der Waals surface area contributed by atoms with Crippen molar-refractivity contribution in [2.75, 3.05) is 6.61 Å². The molecule has 72 valence electrons. The number of primary amides is 1. The standard InChI is InChI=1S/C8H15NO2.ClH/c9-8(10)5-4-7-3-1-2-6-11-7;/h7H,1-6H2,(H2,9,10);1H. The van der Waals surface area contributed by atoms with Gasteiger partial charge in [0.15, 0.2) is 0 Å². The highest BCUT2D eigenvalue weighted by Gasteiger charge is 2.13. The Bertz CT molecular complexity index is 135. The van der Waals surface area contributed by atoms with Crippen LogP contribution in [0, 0.1) is 0 Å². The van der Waals surface area contributed by atoms with Crippen LogP contribution in [0.4, 0.5) is 0 Å². The molecule has 0 bridgehead atoms. The van der Waals surface area contributed by atoms with E-state index in [4.69, 9.17) is 10.5 Å². The Morgan fingerprint density at radius 2 is 2.25 bits per heavy atom. The third-order valence-electron chi connectivity index (χ3n) is 1.99. The lowest BCUT2D eigenvalue weighted by Gasteiger charge is -2.21. The van der Waals surface area contributed by atoms with Crippen molar-refractivity contribution in [1.29, 1.82) is 0 Å². The lowest BCUT2D eigenvalue weighted by molar-refractivity contribution is -0.119. The Morgan fingerprint density at radius 3 is 2.75 bits per heavy atom. The summed E-state index contributed by atoms with van der Waals surface area (Å²) in [5.74, 6) is -0.223. The molecule has 0 aromatic heterocycles. The Morgan fingerprint density at radius 1 is 1.50 bits per heavy atom. The Balaban J connectivity index is 0.00000121. The average molecular weight is 194 g/mol. The van der Waals surface area contributed by atoms with E-state index in [1.165, 1.54) is 6.42 Å². The van der Waals surface area contributed by atoms with Gasteiger partial charge >= 0.3 is 0 Å². The first kappa shape index (κ1) is 11.7. The minimum atomic E-state index is -0.223. The lowest BCUT2D eigenvalue weighted by atomic mass is 10.0. The summed E-state index contributed by atoms with van der Waals surface area (Å²) in [6.45, 7) is 0.851. The van der Waals surface area contributed by atoms with E-state index in [9.17, 15) is 4.79 Å². The normalized spacial score (nSPS) is 22.8. The van der Waals surface area contributed by atoms with E-state index in [1.54, 1.807) is 0 Å². The Labute approximate surface area is 79.1 Å². The predicted molar refractivity (Wildman–Crippen MR) is 49.3 cm³/mol. The lowest BCUT2D eigenvalue weighted by Crippen LogP contribution is -2.21. The van der Waals surface area contributed by atoms with Gasteiger partial charge in [0.05, 0.1) is 6.10 Å². The van der Waals surface area contributed by atoms with Crippen molar-refractivity contribution in [1.82, 2.24) is 0 Å². The zero-order chi connectivity index (χ0) is 8.10. The second kappa shape index (κ2) is 6.26. The van der Waals surface area contributed by atoms with Crippen molar-refractivity contribution in [3.63, 3.8) is 0 Å². The van der Waals surface area contributed by atoms with Crippen LogP contribution < -0.4 is 5.73 Å². The minimum Gasteiger partial charge on any atom is -0.378 e. The molecule has 0 aliphatic carbocycles. The molecule has 4 heteroatoms. The summed E-state index contributed by atoms with van der Waals surface area (Å²) in [6, 6.07) is 0. The maximum absolute atomic E-state index is 10.4. The van der Waals surface area contributed by atoms with Gasteiger partial charge in [0.2, 0.25) is 5.91 Å². The Kier molecular flexibility index (Phi) is 6.11. The van der Waals surface area contributed by atoms with Crippen molar-refractivity contribution in [3.05, 3.63) is 0 Å².